The quantitative estimate of drug-likeness (QED) is 0.373. The molecule has 0 aliphatic rings. The third-order valence-corrected chi connectivity index (χ3v) is 6.53. The molecule has 0 radical (unpaired) electrons. The minimum absolute atomic E-state index is 0.171. The number of hydrogen-bond donors (Lipinski definition) is 0. The van der Waals surface area contributed by atoms with Crippen LogP contribution in [0.15, 0.2) is 23.5 Å². The summed E-state index contributed by atoms with van der Waals surface area (Å²) in [6, 6.07) is 4.13. The number of fused-ring (bicyclic) bond motifs is 1. The maximum atomic E-state index is 12.4. The summed E-state index contributed by atoms with van der Waals surface area (Å²) in [6.07, 6.45) is 2.59. The predicted octanol–water partition coefficient (Wildman–Crippen LogP) is 4.91. The van der Waals surface area contributed by atoms with Crippen LogP contribution >= 0.6 is 34.4 Å². The van der Waals surface area contributed by atoms with Gasteiger partial charge in [0.15, 0.2) is 5.78 Å². The van der Waals surface area contributed by atoms with Crippen molar-refractivity contribution in [2.24, 2.45) is 0 Å². The van der Waals surface area contributed by atoms with Crippen molar-refractivity contribution in [3.05, 3.63) is 38.7 Å². The lowest BCUT2D eigenvalue weighted by Crippen LogP contribution is -2.02. The lowest BCUT2D eigenvalue weighted by molar-refractivity contribution is 0.102. The van der Waals surface area contributed by atoms with E-state index in [-0.39, 0.29) is 5.78 Å². The second-order valence-corrected chi connectivity index (χ2v) is 8.54. The zero-order valence-corrected chi connectivity index (χ0v) is 15.1. The van der Waals surface area contributed by atoms with Gasteiger partial charge in [-0.2, -0.15) is 0 Å². The maximum absolute atomic E-state index is 12.4. The fourth-order valence-corrected chi connectivity index (χ4v) is 5.09. The van der Waals surface area contributed by atoms with Crippen LogP contribution in [0.3, 0.4) is 0 Å². The molecule has 0 N–H and O–H groups in total. The van der Waals surface area contributed by atoms with Crippen molar-refractivity contribution in [3.63, 3.8) is 0 Å². The Labute approximate surface area is 141 Å². The molecule has 3 nitrogen and oxygen atoms in total. The summed E-state index contributed by atoms with van der Waals surface area (Å²) in [5.41, 5.74) is 0.847. The SMILES string of the molecule is CCc1cc2c(SCC(=O)c3cc(C)sc3C)ncnc2s1. The minimum Gasteiger partial charge on any atom is -0.293 e. The zero-order valence-electron chi connectivity index (χ0n) is 12.7. The molecule has 0 bridgehead atoms. The molecule has 3 rings (SSSR count). The van der Waals surface area contributed by atoms with Crippen LogP contribution in [0.5, 0.6) is 0 Å². The van der Waals surface area contributed by atoms with E-state index in [2.05, 4.69) is 23.0 Å². The van der Waals surface area contributed by atoms with Crippen molar-refractivity contribution >= 4 is 50.4 Å². The molecule has 0 aliphatic heterocycles. The summed E-state index contributed by atoms with van der Waals surface area (Å²) >= 11 is 4.88. The molecular formula is C16H16N2OS3. The Morgan fingerprint density at radius 3 is 2.73 bits per heavy atom. The van der Waals surface area contributed by atoms with E-state index in [0.717, 1.165) is 32.1 Å². The summed E-state index contributed by atoms with van der Waals surface area (Å²) in [6.45, 7) is 6.17. The number of ketones is 1. The number of thiophene rings is 2. The normalized spacial score (nSPS) is 11.2. The lowest BCUT2D eigenvalue weighted by atomic mass is 10.2. The second-order valence-electron chi connectivity index (χ2n) is 5.00. The summed E-state index contributed by atoms with van der Waals surface area (Å²) in [7, 11) is 0. The molecule has 0 aromatic carbocycles. The Balaban J connectivity index is 1.80. The molecule has 0 spiro atoms. The highest BCUT2D eigenvalue weighted by atomic mass is 32.2. The molecule has 0 saturated carbocycles. The number of nitrogens with zero attached hydrogens (tertiary/aromatic N) is 2. The van der Waals surface area contributed by atoms with Crippen LogP contribution in [0.2, 0.25) is 0 Å². The van der Waals surface area contributed by atoms with Crippen molar-refractivity contribution in [2.75, 3.05) is 5.75 Å². The standard InChI is InChI=1S/C16H16N2OS3/c1-4-11-6-13-15(17-8-18-16(13)22-11)20-7-14(19)12-5-9(2)21-10(12)3/h5-6,8H,4,7H2,1-3H3. The average molecular weight is 349 g/mol. The van der Waals surface area contributed by atoms with E-state index in [9.17, 15) is 4.79 Å². The van der Waals surface area contributed by atoms with Gasteiger partial charge in [-0.25, -0.2) is 9.97 Å². The first-order chi connectivity index (χ1) is 10.6. The summed E-state index contributed by atoms with van der Waals surface area (Å²) in [5, 5.41) is 1.97. The molecule has 0 fully saturated rings. The third kappa shape index (κ3) is 3.09. The Bertz CT molecular complexity index is 835. The average Bonchev–Trinajstić information content (AvgIpc) is 3.07. The largest absolute Gasteiger partial charge is 0.293 e. The highest BCUT2D eigenvalue weighted by Crippen LogP contribution is 2.31. The summed E-state index contributed by atoms with van der Waals surface area (Å²) in [4.78, 5) is 25.7. The topological polar surface area (TPSA) is 42.9 Å². The Morgan fingerprint density at radius 2 is 2.05 bits per heavy atom. The van der Waals surface area contributed by atoms with Crippen LogP contribution in [-0.2, 0) is 6.42 Å². The van der Waals surface area contributed by atoms with Gasteiger partial charge in [-0.3, -0.25) is 4.79 Å². The first kappa shape index (κ1) is 15.6. The number of carbonyl (C=O) groups excluding carboxylic acids is 1. The van der Waals surface area contributed by atoms with Gasteiger partial charge in [0.1, 0.15) is 16.2 Å². The van der Waals surface area contributed by atoms with Gasteiger partial charge in [0, 0.05) is 25.6 Å². The molecule has 0 unspecified atom stereocenters. The van der Waals surface area contributed by atoms with E-state index in [1.807, 2.05) is 19.9 Å². The molecule has 3 aromatic heterocycles. The molecular weight excluding hydrogens is 332 g/mol. The molecule has 22 heavy (non-hydrogen) atoms. The van der Waals surface area contributed by atoms with Crippen LogP contribution in [0.1, 0.15) is 31.9 Å². The fourth-order valence-electron chi connectivity index (χ4n) is 2.29. The molecule has 0 aliphatic carbocycles. The first-order valence-electron chi connectivity index (χ1n) is 7.05. The maximum Gasteiger partial charge on any atom is 0.174 e. The molecule has 0 atom stereocenters. The molecule has 3 aromatic rings. The molecule has 6 heteroatoms. The number of carbonyl (C=O) groups is 1. The van der Waals surface area contributed by atoms with E-state index in [0.29, 0.717) is 5.75 Å². The van der Waals surface area contributed by atoms with Gasteiger partial charge in [0.25, 0.3) is 0 Å². The molecule has 3 heterocycles. The van der Waals surface area contributed by atoms with Crippen molar-refractivity contribution in [1.82, 2.24) is 9.97 Å². The zero-order chi connectivity index (χ0) is 15.7. The molecule has 0 amide bonds. The van der Waals surface area contributed by atoms with Crippen LogP contribution in [-0.4, -0.2) is 21.5 Å². The van der Waals surface area contributed by atoms with Crippen molar-refractivity contribution in [2.45, 2.75) is 32.2 Å². The number of hydrogen-bond acceptors (Lipinski definition) is 6. The van der Waals surface area contributed by atoms with Crippen LogP contribution < -0.4 is 0 Å². The van der Waals surface area contributed by atoms with E-state index >= 15 is 0 Å². The van der Waals surface area contributed by atoms with Crippen LogP contribution in [0, 0.1) is 13.8 Å². The van der Waals surface area contributed by atoms with Gasteiger partial charge in [0.05, 0.1) is 5.75 Å². The Hall–Kier alpha value is -1.24. The van der Waals surface area contributed by atoms with Gasteiger partial charge < -0.3 is 0 Å². The number of rotatable bonds is 5. The molecule has 0 saturated heterocycles. The van der Waals surface area contributed by atoms with Crippen molar-refractivity contribution in [1.29, 1.82) is 0 Å². The van der Waals surface area contributed by atoms with Gasteiger partial charge >= 0.3 is 0 Å². The number of Topliss-reactive ketones (excluding diaryl/α,β-unsaturated/α-hetero) is 1. The molecule has 114 valence electrons. The van der Waals surface area contributed by atoms with E-state index in [4.69, 9.17) is 0 Å². The van der Waals surface area contributed by atoms with E-state index in [1.165, 1.54) is 21.5 Å². The highest BCUT2D eigenvalue weighted by Gasteiger charge is 2.14. The number of aromatic nitrogens is 2. The van der Waals surface area contributed by atoms with Gasteiger partial charge in [0.2, 0.25) is 0 Å². The number of thioether (sulfide) groups is 1. The summed E-state index contributed by atoms with van der Waals surface area (Å²) in [5.74, 6) is 0.588. The van der Waals surface area contributed by atoms with E-state index in [1.54, 1.807) is 29.0 Å². The van der Waals surface area contributed by atoms with E-state index < -0.39 is 0 Å². The fraction of sp³-hybridized carbons (Fsp3) is 0.312. The number of aryl methyl sites for hydroxylation is 3. The highest BCUT2D eigenvalue weighted by molar-refractivity contribution is 8.00. The monoisotopic (exact) mass is 348 g/mol. The van der Waals surface area contributed by atoms with Gasteiger partial charge in [-0.15, -0.1) is 22.7 Å². The third-order valence-electron chi connectivity index (χ3n) is 3.37. The van der Waals surface area contributed by atoms with Gasteiger partial charge in [-0.1, -0.05) is 18.7 Å². The lowest BCUT2D eigenvalue weighted by Gasteiger charge is -2.01. The Kier molecular flexibility index (Phi) is 4.61. The second kappa shape index (κ2) is 6.48. The van der Waals surface area contributed by atoms with Crippen molar-refractivity contribution < 1.29 is 4.79 Å². The summed E-state index contributed by atoms with van der Waals surface area (Å²) < 4.78 is 0. The van der Waals surface area contributed by atoms with Crippen molar-refractivity contribution in [3.8, 4) is 0 Å². The van der Waals surface area contributed by atoms with Crippen LogP contribution in [0.4, 0.5) is 0 Å². The predicted molar refractivity (Wildman–Crippen MR) is 95.6 cm³/mol. The Morgan fingerprint density at radius 1 is 1.23 bits per heavy atom. The first-order valence-corrected chi connectivity index (χ1v) is 9.66. The smallest absolute Gasteiger partial charge is 0.174 e. The minimum atomic E-state index is 0.171. The van der Waals surface area contributed by atoms with Crippen LogP contribution in [0.25, 0.3) is 10.2 Å². The van der Waals surface area contributed by atoms with Gasteiger partial charge in [-0.05, 0) is 32.4 Å².